The molecule has 4 nitrogen and oxygen atoms in total. The molecule has 0 aliphatic rings. The molecule has 0 amide bonds. The van der Waals surface area contributed by atoms with Crippen molar-refractivity contribution in [2.45, 2.75) is 110 Å². The third kappa shape index (κ3) is 5.43. The molecule has 3 atom stereocenters. The van der Waals surface area contributed by atoms with Crippen LogP contribution in [0.2, 0.25) is 21.7 Å². The van der Waals surface area contributed by atoms with Gasteiger partial charge in [-0.05, 0) is 43.8 Å². The molecule has 0 bridgehead atoms. The second-order valence-corrected chi connectivity index (χ2v) is 15.1. The van der Waals surface area contributed by atoms with E-state index in [1.54, 1.807) is 0 Å². The van der Waals surface area contributed by atoms with Gasteiger partial charge in [-0.3, -0.25) is 4.79 Å². The van der Waals surface area contributed by atoms with E-state index in [9.17, 15) is 4.79 Å². The molecule has 0 aliphatic heterocycles. The van der Waals surface area contributed by atoms with Crippen molar-refractivity contribution in [3.05, 3.63) is 0 Å². The molecule has 0 aromatic heterocycles. The Morgan fingerprint density at radius 3 is 1.62 bits per heavy atom. The molecule has 6 heteroatoms. The van der Waals surface area contributed by atoms with Crippen LogP contribution >= 0.6 is 0 Å². The normalized spacial score (nSPS) is 19.1. The molecule has 0 saturated heterocycles. The van der Waals surface area contributed by atoms with Gasteiger partial charge in [0.2, 0.25) is 0 Å². The van der Waals surface area contributed by atoms with Crippen LogP contribution in [0, 0.1) is 0 Å². The summed E-state index contributed by atoms with van der Waals surface area (Å²) in [5.74, 6) is -0.100. The van der Waals surface area contributed by atoms with Gasteiger partial charge in [-0.2, -0.15) is 0 Å². The van der Waals surface area contributed by atoms with Crippen molar-refractivity contribution < 1.29 is 18.1 Å². The summed E-state index contributed by atoms with van der Waals surface area (Å²) in [5, 5.41) is -0.690. The van der Waals surface area contributed by atoms with E-state index in [4.69, 9.17) is 13.3 Å². The van der Waals surface area contributed by atoms with Crippen LogP contribution in [-0.4, -0.2) is 36.8 Å². The highest BCUT2D eigenvalue weighted by atomic mass is 28.4. The van der Waals surface area contributed by atoms with E-state index in [1.165, 1.54) is 0 Å². The summed E-state index contributed by atoms with van der Waals surface area (Å²) in [6, 6.07) is 0. The smallest absolute Gasteiger partial charge is 0.402 e. The zero-order valence-corrected chi connectivity index (χ0v) is 20.9. The van der Waals surface area contributed by atoms with Crippen molar-refractivity contribution in [3.63, 3.8) is 0 Å². The molecule has 1 radical (unpaired) electrons. The lowest BCUT2D eigenvalue weighted by Crippen LogP contribution is -2.54. The predicted molar refractivity (Wildman–Crippen MR) is 114 cm³/mol. The van der Waals surface area contributed by atoms with Gasteiger partial charge in [0.25, 0.3) is 14.3 Å². The molecular weight excluding hydrogens is 360 g/mol. The van der Waals surface area contributed by atoms with Crippen molar-refractivity contribution in [1.29, 1.82) is 0 Å². The standard InChI is InChI=1S/C20H43O4Si2/c1-11-17(8)26(16(6)7,18(9)12-2)24-19(21)20(10,13-3)25(22-14-4)23-15-5/h16-18H,11-15H2,1-10H3. The molecule has 0 rings (SSSR count). The maximum absolute atomic E-state index is 13.5. The quantitative estimate of drug-likeness (QED) is 0.343. The van der Waals surface area contributed by atoms with Gasteiger partial charge in [-0.1, -0.05) is 61.3 Å². The molecular formula is C20H43O4Si2. The number of carbonyl (C=O) groups is 1. The summed E-state index contributed by atoms with van der Waals surface area (Å²) in [6.07, 6.45) is 2.75. The summed E-state index contributed by atoms with van der Waals surface area (Å²) in [7, 11) is -4.05. The summed E-state index contributed by atoms with van der Waals surface area (Å²) in [4.78, 5) is 13.5. The Morgan fingerprint density at radius 2 is 1.35 bits per heavy atom. The van der Waals surface area contributed by atoms with E-state index >= 15 is 0 Å². The van der Waals surface area contributed by atoms with Gasteiger partial charge in [0, 0.05) is 13.2 Å². The summed E-state index contributed by atoms with van der Waals surface area (Å²) in [5.41, 5.74) is 1.24. The zero-order valence-electron chi connectivity index (χ0n) is 18.9. The first-order chi connectivity index (χ1) is 12.1. The molecule has 0 fully saturated rings. The Kier molecular flexibility index (Phi) is 11.5. The second-order valence-electron chi connectivity index (χ2n) is 7.86. The van der Waals surface area contributed by atoms with Gasteiger partial charge in [0.05, 0.1) is 0 Å². The minimum Gasteiger partial charge on any atom is -0.518 e. The van der Waals surface area contributed by atoms with Crippen LogP contribution < -0.4 is 0 Å². The Morgan fingerprint density at radius 1 is 0.923 bits per heavy atom. The lowest BCUT2D eigenvalue weighted by Gasteiger charge is -2.45. The summed E-state index contributed by atoms with van der Waals surface area (Å²) in [6.45, 7) is 22.5. The first kappa shape index (κ1) is 25.8. The number of carbonyl (C=O) groups excluding carboxylic acids is 1. The van der Waals surface area contributed by atoms with Gasteiger partial charge in [-0.25, -0.2) is 0 Å². The average molecular weight is 404 g/mol. The van der Waals surface area contributed by atoms with E-state index in [1.807, 2.05) is 27.7 Å². The van der Waals surface area contributed by atoms with Crippen LogP contribution in [0.25, 0.3) is 0 Å². The molecule has 0 N–H and O–H groups in total. The van der Waals surface area contributed by atoms with Crippen LogP contribution in [0.1, 0.15) is 88.5 Å². The Labute approximate surface area is 165 Å². The predicted octanol–water partition coefficient (Wildman–Crippen LogP) is 6.22. The van der Waals surface area contributed by atoms with E-state index in [0.717, 1.165) is 12.8 Å². The first-order valence-electron chi connectivity index (χ1n) is 10.5. The van der Waals surface area contributed by atoms with E-state index < -0.39 is 22.6 Å². The molecule has 0 heterocycles. The fourth-order valence-electron chi connectivity index (χ4n) is 3.85. The maximum Gasteiger partial charge on any atom is 0.402 e. The van der Waals surface area contributed by atoms with Crippen LogP contribution in [0.5, 0.6) is 0 Å². The molecule has 0 aliphatic carbocycles. The highest BCUT2D eigenvalue weighted by molar-refractivity contribution is 6.79. The number of rotatable bonds is 13. The van der Waals surface area contributed by atoms with Crippen molar-refractivity contribution >= 4 is 23.6 Å². The molecule has 0 spiro atoms. The highest BCUT2D eigenvalue weighted by Gasteiger charge is 2.55. The maximum atomic E-state index is 13.5. The third-order valence-electron chi connectivity index (χ3n) is 6.10. The minimum absolute atomic E-state index is 0.100. The monoisotopic (exact) mass is 403 g/mol. The second kappa shape index (κ2) is 11.6. The summed E-state index contributed by atoms with van der Waals surface area (Å²) >= 11 is 0. The largest absolute Gasteiger partial charge is 0.518 e. The minimum atomic E-state index is -2.30. The Bertz CT molecular complexity index is 401. The third-order valence-corrected chi connectivity index (χ3v) is 14.9. The highest BCUT2D eigenvalue weighted by Crippen LogP contribution is 2.48. The van der Waals surface area contributed by atoms with Crippen molar-refractivity contribution in [1.82, 2.24) is 0 Å². The molecule has 0 aromatic rings. The Hall–Kier alpha value is -0.176. The van der Waals surface area contributed by atoms with Gasteiger partial charge in [0.1, 0.15) is 5.04 Å². The molecule has 26 heavy (non-hydrogen) atoms. The molecule has 0 saturated carbocycles. The van der Waals surface area contributed by atoms with Crippen LogP contribution in [-0.2, 0) is 18.1 Å². The van der Waals surface area contributed by atoms with Gasteiger partial charge >= 0.3 is 9.28 Å². The lowest BCUT2D eigenvalue weighted by atomic mass is 10.1. The topological polar surface area (TPSA) is 44.8 Å². The van der Waals surface area contributed by atoms with Crippen molar-refractivity contribution in [3.8, 4) is 0 Å². The van der Waals surface area contributed by atoms with Gasteiger partial charge < -0.3 is 13.3 Å². The fraction of sp³-hybridized carbons (Fsp3) is 0.950. The van der Waals surface area contributed by atoms with Crippen molar-refractivity contribution in [2.24, 2.45) is 0 Å². The van der Waals surface area contributed by atoms with Crippen LogP contribution in [0.4, 0.5) is 0 Å². The van der Waals surface area contributed by atoms with Crippen molar-refractivity contribution in [2.75, 3.05) is 13.2 Å². The zero-order chi connectivity index (χ0) is 20.5. The van der Waals surface area contributed by atoms with E-state index in [-0.39, 0.29) is 5.97 Å². The fourth-order valence-corrected chi connectivity index (χ4v) is 11.4. The molecule has 3 unspecified atom stereocenters. The van der Waals surface area contributed by atoms with Crippen LogP contribution in [0.15, 0.2) is 0 Å². The van der Waals surface area contributed by atoms with Crippen LogP contribution in [0.3, 0.4) is 0 Å². The molecule has 0 aromatic carbocycles. The van der Waals surface area contributed by atoms with E-state index in [2.05, 4.69) is 41.5 Å². The van der Waals surface area contributed by atoms with Gasteiger partial charge in [0.15, 0.2) is 0 Å². The lowest BCUT2D eigenvalue weighted by molar-refractivity contribution is -0.140. The summed E-state index contributed by atoms with van der Waals surface area (Å²) < 4.78 is 18.4. The molecule has 155 valence electrons. The SMILES string of the molecule is CCO[Si](OCC)C(C)(CC)C(=O)O[Si](C(C)C)(C(C)CC)C(C)CC. The number of hydrogen-bond acceptors (Lipinski definition) is 4. The number of hydrogen-bond donors (Lipinski definition) is 0. The van der Waals surface area contributed by atoms with E-state index in [0.29, 0.717) is 36.3 Å². The Balaban J connectivity index is 5.95. The van der Waals surface area contributed by atoms with Gasteiger partial charge in [-0.15, -0.1) is 0 Å². The first-order valence-corrected chi connectivity index (χ1v) is 13.9. The average Bonchev–Trinajstić information content (AvgIpc) is 2.63.